The highest BCUT2D eigenvalue weighted by Crippen LogP contribution is 2.42. The molecule has 0 amide bonds. The van der Waals surface area contributed by atoms with E-state index in [1.165, 1.54) is 0 Å². The molecule has 0 spiro atoms. The Hall–Kier alpha value is 1.08. The molecule has 0 aliphatic carbocycles. The van der Waals surface area contributed by atoms with Crippen molar-refractivity contribution in [1.29, 1.82) is 0 Å². The van der Waals surface area contributed by atoms with Crippen LogP contribution in [-0.2, 0) is 13.6 Å². The second kappa shape index (κ2) is 6.52. The minimum Gasteiger partial charge on any atom is -0.312 e. The van der Waals surface area contributed by atoms with Gasteiger partial charge in [0.15, 0.2) is 0 Å². The van der Waals surface area contributed by atoms with Crippen LogP contribution in [0.3, 0.4) is 0 Å². The van der Waals surface area contributed by atoms with Gasteiger partial charge in [-0.15, -0.1) is 11.6 Å². The number of halogens is 2. The van der Waals surface area contributed by atoms with Gasteiger partial charge in [-0.1, -0.05) is 15.9 Å². The fourth-order valence-corrected chi connectivity index (χ4v) is 2.05. The summed E-state index contributed by atoms with van der Waals surface area (Å²) in [6, 6.07) is 0. The van der Waals surface area contributed by atoms with E-state index in [-0.39, 0.29) is 5.38 Å². The highest BCUT2D eigenvalue weighted by atomic mass is 79.9. The predicted molar refractivity (Wildman–Crippen MR) is 52.8 cm³/mol. The molecule has 3 nitrogen and oxygen atoms in total. The zero-order valence-corrected chi connectivity index (χ0v) is 9.78. The van der Waals surface area contributed by atoms with Gasteiger partial charge in [-0.2, -0.15) is 0 Å². The molecule has 0 N–H and O–H groups in total. The monoisotopic (exact) mass is 276 g/mol. The van der Waals surface area contributed by atoms with Crippen molar-refractivity contribution in [2.45, 2.75) is 11.8 Å². The Bertz CT molecular complexity index is 123. The zero-order valence-electron chi connectivity index (χ0n) is 6.54. The molecule has 0 bridgehead atoms. The predicted octanol–water partition coefficient (Wildman–Crippen LogP) is 2.67. The van der Waals surface area contributed by atoms with Crippen molar-refractivity contribution in [1.82, 2.24) is 0 Å². The lowest BCUT2D eigenvalue weighted by molar-refractivity contribution is 0.116. The van der Waals surface area contributed by atoms with Gasteiger partial charge in [-0.25, -0.2) is 0 Å². The van der Waals surface area contributed by atoms with Crippen LogP contribution in [0, 0.1) is 0 Å². The van der Waals surface area contributed by atoms with E-state index in [1.807, 2.05) is 0 Å². The first-order chi connectivity index (χ1) is 5.83. The number of hydrogen-bond acceptors (Lipinski definition) is 3. The Kier molecular flexibility index (Phi) is 6.06. The minimum absolute atomic E-state index is 0.0124. The highest BCUT2D eigenvalue weighted by molar-refractivity contribution is 9.09. The number of hydrogen-bond donors (Lipinski definition) is 0. The van der Waals surface area contributed by atoms with Crippen molar-refractivity contribution in [2.24, 2.45) is 0 Å². The standard InChI is InChI=1S/C6H11BrClO3P/c7-4-6(8)5-11-12-9-2-1-3-10-12/h6H,1-5H2. The van der Waals surface area contributed by atoms with E-state index >= 15 is 0 Å². The molecule has 0 radical (unpaired) electrons. The third kappa shape index (κ3) is 4.35. The molecule has 1 saturated heterocycles. The number of rotatable bonds is 4. The third-order valence-corrected chi connectivity index (χ3v) is 3.79. The molecule has 1 unspecified atom stereocenters. The summed E-state index contributed by atoms with van der Waals surface area (Å²) in [4.78, 5) is 0. The van der Waals surface area contributed by atoms with Gasteiger partial charge in [0.1, 0.15) is 0 Å². The van der Waals surface area contributed by atoms with E-state index in [0.717, 1.165) is 25.0 Å². The van der Waals surface area contributed by atoms with Gasteiger partial charge >= 0.3 is 8.60 Å². The van der Waals surface area contributed by atoms with Crippen molar-refractivity contribution in [2.75, 3.05) is 25.2 Å². The maximum absolute atomic E-state index is 5.81. The molecule has 1 atom stereocenters. The van der Waals surface area contributed by atoms with Crippen LogP contribution >= 0.6 is 36.1 Å². The fourth-order valence-electron chi connectivity index (χ4n) is 0.635. The van der Waals surface area contributed by atoms with Crippen LogP contribution < -0.4 is 0 Å². The highest BCUT2D eigenvalue weighted by Gasteiger charge is 2.18. The van der Waals surface area contributed by atoms with Crippen LogP contribution in [0.2, 0.25) is 0 Å². The lowest BCUT2D eigenvalue weighted by Gasteiger charge is -2.21. The lowest BCUT2D eigenvalue weighted by Crippen LogP contribution is -2.12. The molecular weight excluding hydrogens is 266 g/mol. The molecule has 1 heterocycles. The van der Waals surface area contributed by atoms with Crippen LogP contribution in [0.25, 0.3) is 0 Å². The minimum atomic E-state index is -1.12. The third-order valence-electron chi connectivity index (χ3n) is 1.21. The lowest BCUT2D eigenvalue weighted by atomic mass is 10.5. The Labute approximate surface area is 86.8 Å². The van der Waals surface area contributed by atoms with Crippen molar-refractivity contribution in [3.8, 4) is 0 Å². The summed E-state index contributed by atoms with van der Waals surface area (Å²) in [5, 5.41) is 0.708. The molecule has 0 aromatic carbocycles. The van der Waals surface area contributed by atoms with Gasteiger partial charge < -0.3 is 13.6 Å². The van der Waals surface area contributed by atoms with E-state index in [9.17, 15) is 0 Å². The number of alkyl halides is 2. The normalized spacial score (nSPS) is 22.5. The maximum atomic E-state index is 5.81. The molecule has 1 aliphatic heterocycles. The van der Waals surface area contributed by atoms with E-state index in [4.69, 9.17) is 25.2 Å². The summed E-state index contributed by atoms with van der Waals surface area (Å²) in [5.41, 5.74) is 0. The van der Waals surface area contributed by atoms with Crippen LogP contribution in [0.4, 0.5) is 0 Å². The molecule has 1 rings (SSSR count). The Morgan fingerprint density at radius 3 is 2.75 bits per heavy atom. The second-order valence-electron chi connectivity index (χ2n) is 2.29. The van der Waals surface area contributed by atoms with Gasteiger partial charge in [0.2, 0.25) is 0 Å². The summed E-state index contributed by atoms with van der Waals surface area (Å²) in [5.74, 6) is 0. The smallest absolute Gasteiger partial charge is 0.312 e. The second-order valence-corrected chi connectivity index (χ2v) is 4.78. The van der Waals surface area contributed by atoms with Crippen molar-refractivity contribution >= 4 is 36.1 Å². The van der Waals surface area contributed by atoms with Crippen LogP contribution in [0.5, 0.6) is 0 Å². The molecule has 72 valence electrons. The van der Waals surface area contributed by atoms with Gasteiger partial charge in [0, 0.05) is 5.33 Å². The van der Waals surface area contributed by atoms with E-state index in [0.29, 0.717) is 6.61 Å². The van der Waals surface area contributed by atoms with E-state index in [2.05, 4.69) is 15.9 Å². The van der Waals surface area contributed by atoms with Crippen LogP contribution in [0.15, 0.2) is 0 Å². The summed E-state index contributed by atoms with van der Waals surface area (Å²) in [7, 11) is -1.12. The summed E-state index contributed by atoms with van der Waals surface area (Å²) in [6.07, 6.45) is 0.949. The summed E-state index contributed by atoms with van der Waals surface area (Å²) in [6.45, 7) is 1.93. The zero-order chi connectivity index (χ0) is 8.81. The average Bonchev–Trinajstić information content (AvgIpc) is 2.16. The van der Waals surface area contributed by atoms with Crippen LogP contribution in [-0.4, -0.2) is 30.5 Å². The molecule has 0 aromatic rings. The molecule has 12 heavy (non-hydrogen) atoms. The Morgan fingerprint density at radius 1 is 1.50 bits per heavy atom. The van der Waals surface area contributed by atoms with Crippen molar-refractivity contribution in [3.05, 3.63) is 0 Å². The largest absolute Gasteiger partial charge is 0.332 e. The Morgan fingerprint density at radius 2 is 2.17 bits per heavy atom. The van der Waals surface area contributed by atoms with Crippen LogP contribution in [0.1, 0.15) is 6.42 Å². The molecule has 0 aromatic heterocycles. The quantitative estimate of drug-likeness (QED) is 0.584. The SMILES string of the molecule is ClC(CBr)COP1OCCCO1. The van der Waals surface area contributed by atoms with E-state index < -0.39 is 8.60 Å². The van der Waals surface area contributed by atoms with Crippen molar-refractivity contribution in [3.63, 3.8) is 0 Å². The molecular formula is C6H11BrClO3P. The van der Waals surface area contributed by atoms with Gasteiger partial charge in [-0.05, 0) is 6.42 Å². The van der Waals surface area contributed by atoms with Gasteiger partial charge in [0.25, 0.3) is 0 Å². The first-order valence-corrected chi connectivity index (χ1v) is 6.37. The van der Waals surface area contributed by atoms with Gasteiger partial charge in [0.05, 0.1) is 25.2 Å². The Balaban J connectivity index is 2.05. The molecule has 0 saturated carbocycles. The molecule has 6 heteroatoms. The maximum Gasteiger partial charge on any atom is 0.332 e. The summed E-state index contributed by atoms with van der Waals surface area (Å²) >= 11 is 9.07. The summed E-state index contributed by atoms with van der Waals surface area (Å²) < 4.78 is 15.7. The van der Waals surface area contributed by atoms with E-state index in [1.54, 1.807) is 0 Å². The first-order valence-electron chi connectivity index (χ1n) is 3.72. The molecule has 1 aliphatic rings. The van der Waals surface area contributed by atoms with Crippen molar-refractivity contribution < 1.29 is 13.6 Å². The average molecular weight is 277 g/mol. The molecule has 1 fully saturated rings. The fraction of sp³-hybridized carbons (Fsp3) is 1.00. The van der Waals surface area contributed by atoms with Gasteiger partial charge in [-0.3, -0.25) is 0 Å². The first kappa shape index (κ1) is 11.2. The topological polar surface area (TPSA) is 27.7 Å².